The van der Waals surface area contributed by atoms with Crippen molar-refractivity contribution in [2.24, 2.45) is 0 Å². The van der Waals surface area contributed by atoms with E-state index < -0.39 is 11.9 Å². The molecule has 2 aromatic heterocycles. The van der Waals surface area contributed by atoms with E-state index in [9.17, 15) is 9.59 Å². The molecule has 1 aliphatic heterocycles. The van der Waals surface area contributed by atoms with Crippen LogP contribution in [0.15, 0.2) is 63.3 Å². The zero-order chi connectivity index (χ0) is 22.4. The van der Waals surface area contributed by atoms with E-state index in [1.54, 1.807) is 29.8 Å². The zero-order valence-corrected chi connectivity index (χ0v) is 18.5. The Balaban J connectivity index is 1.76. The number of nitrogens with zero attached hydrogens (tertiary/aromatic N) is 2. The Labute approximate surface area is 187 Å². The zero-order valence-electron chi connectivity index (χ0n) is 17.7. The first kappa shape index (κ1) is 20.3. The second-order valence-electron chi connectivity index (χ2n) is 7.67. The van der Waals surface area contributed by atoms with Crippen molar-refractivity contribution in [3.63, 3.8) is 0 Å². The highest BCUT2D eigenvalue weighted by molar-refractivity contribution is 7.13. The molecule has 0 spiro atoms. The van der Waals surface area contributed by atoms with Crippen LogP contribution in [-0.4, -0.2) is 24.1 Å². The first-order valence-corrected chi connectivity index (χ1v) is 11.0. The molecule has 7 nitrogen and oxygen atoms in total. The third-order valence-corrected chi connectivity index (χ3v) is 6.02. The van der Waals surface area contributed by atoms with Gasteiger partial charge in [-0.3, -0.25) is 14.5 Å². The summed E-state index contributed by atoms with van der Waals surface area (Å²) in [7, 11) is 1.53. The minimum atomic E-state index is -0.679. The number of hydrogen-bond donors (Lipinski definition) is 0. The Kier molecular flexibility index (Phi) is 4.94. The van der Waals surface area contributed by atoms with Crippen molar-refractivity contribution in [2.75, 3.05) is 12.0 Å². The van der Waals surface area contributed by atoms with Gasteiger partial charge in [-0.15, -0.1) is 11.3 Å². The van der Waals surface area contributed by atoms with E-state index in [-0.39, 0.29) is 17.3 Å². The largest absolute Gasteiger partial charge is 0.497 e. The van der Waals surface area contributed by atoms with Crippen molar-refractivity contribution in [3.05, 3.63) is 81.2 Å². The lowest BCUT2D eigenvalue weighted by atomic mass is 9.98. The molecule has 4 aromatic rings. The fourth-order valence-corrected chi connectivity index (χ4v) is 4.62. The quantitative estimate of drug-likeness (QED) is 0.436. The van der Waals surface area contributed by atoms with Gasteiger partial charge in [0.15, 0.2) is 10.6 Å². The van der Waals surface area contributed by atoms with Gasteiger partial charge in [-0.25, -0.2) is 4.98 Å². The number of ether oxygens (including phenoxy) is 2. The van der Waals surface area contributed by atoms with Crippen molar-refractivity contribution in [1.29, 1.82) is 0 Å². The number of benzene rings is 2. The van der Waals surface area contributed by atoms with Crippen LogP contribution in [0.5, 0.6) is 11.5 Å². The van der Waals surface area contributed by atoms with Gasteiger partial charge < -0.3 is 13.9 Å². The number of thiazole rings is 1. The SMILES string of the molecule is COc1ccc2c(=O)c3c(oc2c1)C(=O)N(c1nccs1)C3c1cccc(OC(C)C)c1. The third kappa shape index (κ3) is 3.23. The van der Waals surface area contributed by atoms with Crippen molar-refractivity contribution in [3.8, 4) is 11.5 Å². The first-order chi connectivity index (χ1) is 15.5. The monoisotopic (exact) mass is 448 g/mol. The number of aromatic nitrogens is 1. The molecule has 2 aromatic carbocycles. The summed E-state index contributed by atoms with van der Waals surface area (Å²) in [4.78, 5) is 32.9. The molecular weight excluding hydrogens is 428 g/mol. The molecule has 3 heterocycles. The minimum absolute atomic E-state index is 0.0122. The van der Waals surface area contributed by atoms with Crippen LogP contribution < -0.4 is 19.8 Å². The van der Waals surface area contributed by atoms with E-state index in [2.05, 4.69) is 4.98 Å². The Hall–Kier alpha value is -3.65. The molecular formula is C24H20N2O5S. The number of amides is 1. The van der Waals surface area contributed by atoms with Gasteiger partial charge in [0, 0.05) is 17.6 Å². The molecule has 0 fully saturated rings. The standard InChI is InChI=1S/C24H20N2O5S/c1-13(2)30-16-6-4-5-14(11-16)20-19-21(27)17-8-7-15(29-3)12-18(17)31-22(19)23(28)26(20)24-25-9-10-32-24/h4-13,20H,1-3H3. The highest BCUT2D eigenvalue weighted by Gasteiger charge is 2.44. The average Bonchev–Trinajstić information content (AvgIpc) is 3.40. The fourth-order valence-electron chi connectivity index (χ4n) is 3.96. The molecule has 5 rings (SSSR count). The number of carbonyl (C=O) groups is 1. The summed E-state index contributed by atoms with van der Waals surface area (Å²) in [5.74, 6) is 0.813. The molecule has 1 amide bonds. The molecule has 0 bridgehead atoms. The van der Waals surface area contributed by atoms with Crippen molar-refractivity contribution < 1.29 is 18.7 Å². The summed E-state index contributed by atoms with van der Waals surface area (Å²) in [6.07, 6.45) is 1.62. The van der Waals surface area contributed by atoms with Gasteiger partial charge in [-0.1, -0.05) is 12.1 Å². The second-order valence-corrected chi connectivity index (χ2v) is 8.54. The maximum atomic E-state index is 13.6. The molecule has 0 saturated carbocycles. The summed E-state index contributed by atoms with van der Waals surface area (Å²) in [6, 6.07) is 11.7. The predicted octanol–water partition coefficient (Wildman–Crippen LogP) is 4.80. The van der Waals surface area contributed by atoms with Crippen molar-refractivity contribution >= 4 is 33.3 Å². The number of rotatable bonds is 5. The number of fused-ring (bicyclic) bond motifs is 2. The average molecular weight is 449 g/mol. The molecule has 0 saturated heterocycles. The third-order valence-electron chi connectivity index (χ3n) is 5.25. The van der Waals surface area contributed by atoms with Crippen molar-refractivity contribution in [1.82, 2.24) is 4.98 Å². The molecule has 162 valence electrons. The highest BCUT2D eigenvalue weighted by Crippen LogP contribution is 2.42. The topological polar surface area (TPSA) is 81.9 Å². The summed E-state index contributed by atoms with van der Waals surface area (Å²) < 4.78 is 17.1. The van der Waals surface area contributed by atoms with Crippen LogP contribution in [-0.2, 0) is 0 Å². The summed E-state index contributed by atoms with van der Waals surface area (Å²) in [5, 5.41) is 2.66. The lowest BCUT2D eigenvalue weighted by molar-refractivity contribution is 0.0970. The maximum absolute atomic E-state index is 13.6. The molecule has 8 heteroatoms. The van der Waals surface area contributed by atoms with E-state index in [0.717, 1.165) is 5.56 Å². The molecule has 0 radical (unpaired) electrons. The maximum Gasteiger partial charge on any atom is 0.297 e. The Morgan fingerprint density at radius 3 is 2.69 bits per heavy atom. The Morgan fingerprint density at radius 1 is 1.12 bits per heavy atom. The van der Waals surface area contributed by atoms with Crippen LogP contribution in [0.25, 0.3) is 11.0 Å². The van der Waals surface area contributed by atoms with Gasteiger partial charge in [-0.2, -0.15) is 0 Å². The van der Waals surface area contributed by atoms with Crippen LogP contribution in [0, 0.1) is 0 Å². The second kappa shape index (κ2) is 7.80. The molecule has 1 unspecified atom stereocenters. The van der Waals surface area contributed by atoms with Gasteiger partial charge in [0.05, 0.1) is 30.2 Å². The Bertz CT molecular complexity index is 1380. The molecule has 0 N–H and O–H groups in total. The summed E-state index contributed by atoms with van der Waals surface area (Å²) in [5.41, 5.74) is 1.09. The smallest absolute Gasteiger partial charge is 0.297 e. The van der Waals surface area contributed by atoms with E-state index >= 15 is 0 Å². The Morgan fingerprint density at radius 2 is 1.97 bits per heavy atom. The van der Waals surface area contributed by atoms with Crippen molar-refractivity contribution in [2.45, 2.75) is 26.0 Å². The number of carbonyl (C=O) groups excluding carboxylic acids is 1. The lowest BCUT2D eigenvalue weighted by Crippen LogP contribution is -2.29. The minimum Gasteiger partial charge on any atom is -0.497 e. The number of hydrogen-bond acceptors (Lipinski definition) is 7. The summed E-state index contributed by atoms with van der Waals surface area (Å²) in [6.45, 7) is 3.88. The molecule has 0 aliphatic carbocycles. The molecule has 32 heavy (non-hydrogen) atoms. The predicted molar refractivity (Wildman–Crippen MR) is 122 cm³/mol. The van der Waals surface area contributed by atoms with Crippen LogP contribution >= 0.6 is 11.3 Å². The van der Waals surface area contributed by atoms with Crippen LogP contribution in [0.4, 0.5) is 5.13 Å². The van der Waals surface area contributed by atoms with E-state index in [4.69, 9.17) is 13.9 Å². The van der Waals surface area contributed by atoms with Gasteiger partial charge in [0.2, 0.25) is 5.76 Å². The lowest BCUT2D eigenvalue weighted by Gasteiger charge is -2.23. The fraction of sp³-hybridized carbons (Fsp3) is 0.208. The summed E-state index contributed by atoms with van der Waals surface area (Å²) >= 11 is 1.32. The van der Waals surface area contributed by atoms with Crippen LogP contribution in [0.3, 0.4) is 0 Å². The van der Waals surface area contributed by atoms with Gasteiger partial charge in [0.1, 0.15) is 17.1 Å². The molecule has 1 aliphatic rings. The van der Waals surface area contributed by atoms with Crippen LogP contribution in [0.2, 0.25) is 0 Å². The molecule has 1 atom stereocenters. The highest BCUT2D eigenvalue weighted by atomic mass is 32.1. The van der Waals surface area contributed by atoms with E-state index in [1.165, 1.54) is 23.3 Å². The van der Waals surface area contributed by atoms with Crippen LogP contribution in [0.1, 0.15) is 41.6 Å². The van der Waals surface area contributed by atoms with E-state index in [1.807, 2.05) is 38.1 Å². The van der Waals surface area contributed by atoms with Gasteiger partial charge >= 0.3 is 0 Å². The van der Waals surface area contributed by atoms with Gasteiger partial charge in [-0.05, 0) is 43.7 Å². The number of anilines is 1. The normalized spacial score (nSPS) is 15.4. The van der Waals surface area contributed by atoms with Gasteiger partial charge in [0.25, 0.3) is 5.91 Å². The first-order valence-electron chi connectivity index (χ1n) is 10.1. The number of methoxy groups -OCH3 is 1. The van der Waals surface area contributed by atoms with E-state index in [0.29, 0.717) is 33.2 Å².